The number of rotatable bonds is 5. The summed E-state index contributed by atoms with van der Waals surface area (Å²) in [4.78, 5) is 16.4. The quantitative estimate of drug-likeness (QED) is 0.786. The molecule has 0 aliphatic carbocycles. The predicted octanol–water partition coefficient (Wildman–Crippen LogP) is 3.65. The number of nitrogens with zero attached hydrogens (tertiary/aromatic N) is 1. The molecule has 0 aliphatic heterocycles. The molecule has 5 heteroatoms. The summed E-state index contributed by atoms with van der Waals surface area (Å²) in [6.45, 7) is 5.96. The molecular formula is C16H19NO4. The first-order valence-corrected chi connectivity index (χ1v) is 6.89. The molecule has 0 saturated carbocycles. The fourth-order valence-electron chi connectivity index (χ4n) is 1.95. The molecule has 2 rings (SSSR count). The van der Waals surface area contributed by atoms with E-state index in [9.17, 15) is 4.79 Å². The van der Waals surface area contributed by atoms with Gasteiger partial charge in [0.25, 0.3) is 0 Å². The summed E-state index contributed by atoms with van der Waals surface area (Å²) in [7, 11) is 1.60. The Morgan fingerprint density at radius 2 is 2.14 bits per heavy atom. The van der Waals surface area contributed by atoms with Crippen molar-refractivity contribution in [2.75, 3.05) is 13.7 Å². The monoisotopic (exact) mass is 289 g/mol. The number of carbonyl (C=O) groups is 1. The number of hydrogen-bond acceptors (Lipinski definition) is 5. The molecule has 0 unspecified atom stereocenters. The maximum absolute atomic E-state index is 12.0. The lowest BCUT2D eigenvalue weighted by Crippen LogP contribution is -2.07. The Labute approximate surface area is 123 Å². The molecule has 0 N–H and O–H groups in total. The zero-order chi connectivity index (χ0) is 15.4. The van der Waals surface area contributed by atoms with Crippen LogP contribution in [0.4, 0.5) is 0 Å². The van der Waals surface area contributed by atoms with Crippen molar-refractivity contribution in [3.8, 4) is 17.2 Å². The lowest BCUT2D eigenvalue weighted by Gasteiger charge is -2.02. The smallest absolute Gasteiger partial charge is 0.376 e. The van der Waals surface area contributed by atoms with Crippen LogP contribution < -0.4 is 4.74 Å². The van der Waals surface area contributed by atoms with E-state index in [4.69, 9.17) is 13.9 Å². The summed E-state index contributed by atoms with van der Waals surface area (Å²) in [5, 5.41) is 0. The minimum atomic E-state index is -0.483. The fourth-order valence-corrected chi connectivity index (χ4v) is 1.95. The van der Waals surface area contributed by atoms with Crippen LogP contribution in [0.1, 0.15) is 42.9 Å². The third-order valence-corrected chi connectivity index (χ3v) is 2.98. The van der Waals surface area contributed by atoms with Gasteiger partial charge in [0.05, 0.1) is 19.4 Å². The topological polar surface area (TPSA) is 61.6 Å². The van der Waals surface area contributed by atoms with Crippen LogP contribution in [0.3, 0.4) is 0 Å². The SMILES string of the molecule is CCOC(=O)c1oc(-c2cccc(OC)c2)nc1C(C)C. The summed E-state index contributed by atoms with van der Waals surface area (Å²) in [6, 6.07) is 7.35. The summed E-state index contributed by atoms with van der Waals surface area (Å²) in [5.74, 6) is 0.843. The highest BCUT2D eigenvalue weighted by Gasteiger charge is 2.24. The van der Waals surface area contributed by atoms with Gasteiger partial charge < -0.3 is 13.9 Å². The number of benzene rings is 1. The molecule has 1 aromatic heterocycles. The minimum Gasteiger partial charge on any atom is -0.497 e. The Morgan fingerprint density at radius 1 is 1.38 bits per heavy atom. The van der Waals surface area contributed by atoms with Crippen LogP contribution in [0.15, 0.2) is 28.7 Å². The molecule has 1 aromatic carbocycles. The molecule has 0 spiro atoms. The molecule has 0 fully saturated rings. The average molecular weight is 289 g/mol. The molecule has 0 radical (unpaired) electrons. The van der Waals surface area contributed by atoms with Crippen molar-refractivity contribution in [3.63, 3.8) is 0 Å². The van der Waals surface area contributed by atoms with Gasteiger partial charge in [0.15, 0.2) is 0 Å². The Hall–Kier alpha value is -2.30. The van der Waals surface area contributed by atoms with Crippen LogP contribution >= 0.6 is 0 Å². The lowest BCUT2D eigenvalue weighted by atomic mass is 10.1. The van der Waals surface area contributed by atoms with Crippen molar-refractivity contribution < 1.29 is 18.7 Å². The van der Waals surface area contributed by atoms with E-state index in [0.29, 0.717) is 23.9 Å². The molecule has 5 nitrogen and oxygen atoms in total. The van der Waals surface area contributed by atoms with Crippen molar-refractivity contribution in [2.24, 2.45) is 0 Å². The first-order valence-electron chi connectivity index (χ1n) is 6.89. The van der Waals surface area contributed by atoms with Crippen molar-refractivity contribution in [1.29, 1.82) is 0 Å². The number of aromatic nitrogens is 1. The highest BCUT2D eigenvalue weighted by molar-refractivity contribution is 5.88. The van der Waals surface area contributed by atoms with E-state index < -0.39 is 5.97 Å². The number of esters is 1. The number of carbonyl (C=O) groups excluding carboxylic acids is 1. The second-order valence-electron chi connectivity index (χ2n) is 4.84. The van der Waals surface area contributed by atoms with Gasteiger partial charge >= 0.3 is 5.97 Å². The summed E-state index contributed by atoms with van der Waals surface area (Å²) < 4.78 is 15.8. The van der Waals surface area contributed by atoms with Crippen LogP contribution in [0.2, 0.25) is 0 Å². The van der Waals surface area contributed by atoms with E-state index in [1.165, 1.54) is 0 Å². The molecule has 112 valence electrons. The van der Waals surface area contributed by atoms with E-state index in [2.05, 4.69) is 4.98 Å². The molecule has 0 aliphatic rings. The van der Waals surface area contributed by atoms with Crippen LogP contribution in [0, 0.1) is 0 Å². The van der Waals surface area contributed by atoms with E-state index in [1.54, 1.807) is 14.0 Å². The molecule has 0 saturated heterocycles. The van der Waals surface area contributed by atoms with Gasteiger partial charge in [0.2, 0.25) is 11.7 Å². The maximum Gasteiger partial charge on any atom is 0.376 e. The van der Waals surface area contributed by atoms with Crippen LogP contribution in [-0.4, -0.2) is 24.7 Å². The van der Waals surface area contributed by atoms with Crippen LogP contribution in [0.25, 0.3) is 11.5 Å². The molecule has 21 heavy (non-hydrogen) atoms. The van der Waals surface area contributed by atoms with E-state index in [-0.39, 0.29) is 11.7 Å². The number of methoxy groups -OCH3 is 1. The van der Waals surface area contributed by atoms with Crippen LogP contribution in [-0.2, 0) is 4.74 Å². The third-order valence-electron chi connectivity index (χ3n) is 2.98. The molecule has 2 aromatic rings. The van der Waals surface area contributed by atoms with Gasteiger partial charge in [-0.05, 0) is 31.0 Å². The van der Waals surface area contributed by atoms with Gasteiger partial charge in [0.1, 0.15) is 5.75 Å². The van der Waals surface area contributed by atoms with Crippen molar-refractivity contribution in [3.05, 3.63) is 35.7 Å². The van der Waals surface area contributed by atoms with Crippen molar-refractivity contribution in [2.45, 2.75) is 26.7 Å². The molecular weight excluding hydrogens is 270 g/mol. The Bertz CT molecular complexity index is 631. The second kappa shape index (κ2) is 6.43. The Kier molecular flexibility index (Phi) is 4.62. The van der Waals surface area contributed by atoms with Gasteiger partial charge in [-0.2, -0.15) is 0 Å². The maximum atomic E-state index is 12.0. The average Bonchev–Trinajstić information content (AvgIpc) is 2.93. The number of oxazole rings is 1. The largest absolute Gasteiger partial charge is 0.497 e. The normalized spacial score (nSPS) is 10.7. The van der Waals surface area contributed by atoms with Crippen LogP contribution in [0.5, 0.6) is 5.75 Å². The minimum absolute atomic E-state index is 0.0625. The lowest BCUT2D eigenvalue weighted by molar-refractivity contribution is 0.0488. The van der Waals surface area contributed by atoms with E-state index >= 15 is 0 Å². The number of hydrogen-bond donors (Lipinski definition) is 0. The Morgan fingerprint density at radius 3 is 2.76 bits per heavy atom. The highest BCUT2D eigenvalue weighted by atomic mass is 16.5. The second-order valence-corrected chi connectivity index (χ2v) is 4.84. The van der Waals surface area contributed by atoms with Gasteiger partial charge in [-0.3, -0.25) is 0 Å². The Balaban J connectivity index is 2.45. The summed E-state index contributed by atoms with van der Waals surface area (Å²) in [6.07, 6.45) is 0. The van der Waals surface area contributed by atoms with Gasteiger partial charge in [-0.25, -0.2) is 9.78 Å². The summed E-state index contributed by atoms with van der Waals surface area (Å²) >= 11 is 0. The van der Waals surface area contributed by atoms with Gasteiger partial charge in [-0.15, -0.1) is 0 Å². The zero-order valence-corrected chi connectivity index (χ0v) is 12.7. The van der Waals surface area contributed by atoms with Crippen molar-refractivity contribution in [1.82, 2.24) is 4.98 Å². The predicted molar refractivity (Wildman–Crippen MR) is 78.5 cm³/mol. The third kappa shape index (κ3) is 3.24. The summed E-state index contributed by atoms with van der Waals surface area (Å²) in [5.41, 5.74) is 1.36. The molecule has 0 atom stereocenters. The first kappa shape index (κ1) is 15.1. The standard InChI is InChI=1S/C16H19NO4/c1-5-20-16(18)14-13(10(2)3)17-15(21-14)11-7-6-8-12(9-11)19-4/h6-10H,5H2,1-4H3. The molecule has 0 amide bonds. The van der Waals surface area contributed by atoms with E-state index in [1.807, 2.05) is 38.1 Å². The van der Waals surface area contributed by atoms with Gasteiger partial charge in [-0.1, -0.05) is 19.9 Å². The fraction of sp³-hybridized carbons (Fsp3) is 0.375. The first-order chi connectivity index (χ1) is 10.1. The highest BCUT2D eigenvalue weighted by Crippen LogP contribution is 2.28. The van der Waals surface area contributed by atoms with Crippen molar-refractivity contribution >= 4 is 5.97 Å². The molecule has 1 heterocycles. The number of ether oxygens (including phenoxy) is 2. The van der Waals surface area contributed by atoms with E-state index in [0.717, 1.165) is 5.56 Å². The molecule has 0 bridgehead atoms. The van der Waals surface area contributed by atoms with Gasteiger partial charge in [0, 0.05) is 5.56 Å². The zero-order valence-electron chi connectivity index (χ0n) is 12.7.